The molecular formula is C10H12BrNO. The van der Waals surface area contributed by atoms with Crippen molar-refractivity contribution in [3.8, 4) is 0 Å². The lowest BCUT2D eigenvalue weighted by Gasteiger charge is -2.05. The molecule has 2 nitrogen and oxygen atoms in total. The number of halogens is 1. The van der Waals surface area contributed by atoms with Gasteiger partial charge in [0.25, 0.3) is 0 Å². The quantitative estimate of drug-likeness (QED) is 0.807. The van der Waals surface area contributed by atoms with E-state index in [4.69, 9.17) is 0 Å². The third kappa shape index (κ3) is 3.19. The Hall–Kier alpha value is -0.830. The molecule has 1 N–H and O–H groups in total. The molecule has 0 spiro atoms. The standard InChI is InChI=1S/C10H12BrNO/c1-8-4-2-3-5-9(8)7-12-10(13)6-11/h2-5H,6-7H2,1H3,(H,12,13). The fourth-order valence-electron chi connectivity index (χ4n) is 1.05. The molecule has 13 heavy (non-hydrogen) atoms. The number of hydrogen-bond donors (Lipinski definition) is 1. The molecule has 1 rings (SSSR count). The Morgan fingerprint density at radius 1 is 1.46 bits per heavy atom. The van der Waals surface area contributed by atoms with Gasteiger partial charge in [0.15, 0.2) is 0 Å². The van der Waals surface area contributed by atoms with Crippen LogP contribution in [0, 0.1) is 6.92 Å². The van der Waals surface area contributed by atoms with Gasteiger partial charge in [-0.2, -0.15) is 0 Å². The van der Waals surface area contributed by atoms with Crippen LogP contribution < -0.4 is 5.32 Å². The van der Waals surface area contributed by atoms with Crippen LogP contribution in [0.2, 0.25) is 0 Å². The van der Waals surface area contributed by atoms with Crippen LogP contribution >= 0.6 is 15.9 Å². The molecule has 0 fully saturated rings. The van der Waals surface area contributed by atoms with E-state index in [1.807, 2.05) is 31.2 Å². The minimum atomic E-state index is 0.0169. The number of rotatable bonds is 3. The molecular weight excluding hydrogens is 230 g/mol. The Bertz CT molecular complexity index is 299. The smallest absolute Gasteiger partial charge is 0.230 e. The normalized spacial score (nSPS) is 9.69. The number of benzene rings is 1. The summed E-state index contributed by atoms with van der Waals surface area (Å²) in [6.07, 6.45) is 0. The van der Waals surface area contributed by atoms with Crippen molar-refractivity contribution in [3.63, 3.8) is 0 Å². The molecule has 1 amide bonds. The van der Waals surface area contributed by atoms with Crippen molar-refractivity contribution in [2.24, 2.45) is 0 Å². The van der Waals surface area contributed by atoms with Gasteiger partial charge in [-0.25, -0.2) is 0 Å². The third-order valence-corrected chi connectivity index (χ3v) is 2.37. The molecule has 0 aliphatic heterocycles. The number of carbonyl (C=O) groups is 1. The Balaban J connectivity index is 2.54. The summed E-state index contributed by atoms with van der Waals surface area (Å²) in [5.74, 6) is 0.0169. The van der Waals surface area contributed by atoms with Gasteiger partial charge >= 0.3 is 0 Å². The summed E-state index contributed by atoms with van der Waals surface area (Å²) in [6, 6.07) is 8.02. The monoisotopic (exact) mass is 241 g/mol. The van der Waals surface area contributed by atoms with Gasteiger partial charge in [-0.05, 0) is 18.1 Å². The second kappa shape index (κ2) is 5.02. The molecule has 70 valence electrons. The van der Waals surface area contributed by atoms with Gasteiger partial charge in [0.2, 0.25) is 5.91 Å². The van der Waals surface area contributed by atoms with Gasteiger partial charge in [-0.1, -0.05) is 40.2 Å². The van der Waals surface area contributed by atoms with E-state index in [-0.39, 0.29) is 5.91 Å². The van der Waals surface area contributed by atoms with Crippen molar-refractivity contribution in [2.75, 3.05) is 5.33 Å². The summed E-state index contributed by atoms with van der Waals surface area (Å²) in [7, 11) is 0. The first-order valence-electron chi connectivity index (χ1n) is 4.11. The Kier molecular flexibility index (Phi) is 3.96. The summed E-state index contributed by atoms with van der Waals surface area (Å²) in [6.45, 7) is 2.65. The highest BCUT2D eigenvalue weighted by Crippen LogP contribution is 2.05. The zero-order chi connectivity index (χ0) is 9.68. The highest BCUT2D eigenvalue weighted by molar-refractivity contribution is 9.09. The van der Waals surface area contributed by atoms with Gasteiger partial charge in [-0.3, -0.25) is 4.79 Å². The number of hydrogen-bond acceptors (Lipinski definition) is 1. The molecule has 0 aromatic heterocycles. The average Bonchev–Trinajstić information content (AvgIpc) is 2.16. The number of nitrogens with one attached hydrogen (secondary N) is 1. The van der Waals surface area contributed by atoms with Crippen molar-refractivity contribution in [1.29, 1.82) is 0 Å². The van der Waals surface area contributed by atoms with Gasteiger partial charge in [-0.15, -0.1) is 0 Å². The SMILES string of the molecule is Cc1ccccc1CNC(=O)CBr. The van der Waals surface area contributed by atoms with Gasteiger partial charge in [0.05, 0.1) is 5.33 Å². The molecule has 1 aromatic rings. The number of amides is 1. The maximum absolute atomic E-state index is 10.9. The predicted octanol–water partition coefficient (Wildman–Crippen LogP) is 2.01. The fourth-order valence-corrected chi connectivity index (χ4v) is 1.25. The van der Waals surface area contributed by atoms with Crippen molar-refractivity contribution < 1.29 is 4.79 Å². The first kappa shape index (κ1) is 10.3. The highest BCUT2D eigenvalue weighted by Gasteiger charge is 1.99. The van der Waals surface area contributed by atoms with Gasteiger partial charge in [0, 0.05) is 6.54 Å². The lowest BCUT2D eigenvalue weighted by atomic mass is 10.1. The van der Waals surface area contributed by atoms with Crippen LogP contribution in [0.1, 0.15) is 11.1 Å². The van der Waals surface area contributed by atoms with Crippen LogP contribution in [-0.2, 0) is 11.3 Å². The van der Waals surface area contributed by atoms with Crippen molar-refractivity contribution >= 4 is 21.8 Å². The van der Waals surface area contributed by atoms with Crippen molar-refractivity contribution in [3.05, 3.63) is 35.4 Å². The molecule has 3 heteroatoms. The summed E-state index contributed by atoms with van der Waals surface area (Å²) < 4.78 is 0. The zero-order valence-electron chi connectivity index (χ0n) is 7.51. The molecule has 0 saturated carbocycles. The largest absolute Gasteiger partial charge is 0.351 e. The molecule has 0 heterocycles. The molecule has 0 aliphatic carbocycles. The van der Waals surface area contributed by atoms with Crippen LogP contribution in [0.5, 0.6) is 0 Å². The highest BCUT2D eigenvalue weighted by atomic mass is 79.9. The second-order valence-electron chi connectivity index (χ2n) is 2.84. The van der Waals surface area contributed by atoms with Gasteiger partial charge < -0.3 is 5.32 Å². The maximum atomic E-state index is 10.9. The van der Waals surface area contributed by atoms with Crippen LogP contribution in [0.3, 0.4) is 0 Å². The van der Waals surface area contributed by atoms with Crippen LogP contribution in [0.25, 0.3) is 0 Å². The first-order valence-corrected chi connectivity index (χ1v) is 5.23. The third-order valence-electron chi connectivity index (χ3n) is 1.86. The van der Waals surface area contributed by atoms with Crippen molar-refractivity contribution in [2.45, 2.75) is 13.5 Å². The predicted molar refractivity (Wildman–Crippen MR) is 56.8 cm³/mol. The van der Waals surface area contributed by atoms with E-state index >= 15 is 0 Å². The van der Waals surface area contributed by atoms with E-state index in [2.05, 4.69) is 21.2 Å². The molecule has 0 aliphatic rings. The van der Waals surface area contributed by atoms with E-state index in [0.29, 0.717) is 11.9 Å². The van der Waals surface area contributed by atoms with Gasteiger partial charge in [0.1, 0.15) is 0 Å². The lowest BCUT2D eigenvalue weighted by Crippen LogP contribution is -2.23. The number of alkyl halides is 1. The molecule has 0 bridgehead atoms. The summed E-state index contributed by atoms with van der Waals surface area (Å²) in [5, 5.41) is 3.16. The maximum Gasteiger partial charge on any atom is 0.230 e. The molecule has 0 saturated heterocycles. The van der Waals surface area contributed by atoms with E-state index in [0.717, 1.165) is 5.56 Å². The van der Waals surface area contributed by atoms with Crippen LogP contribution in [0.4, 0.5) is 0 Å². The summed E-state index contributed by atoms with van der Waals surface area (Å²) >= 11 is 3.09. The number of carbonyl (C=O) groups excluding carboxylic acids is 1. The van der Waals surface area contributed by atoms with Crippen molar-refractivity contribution in [1.82, 2.24) is 5.32 Å². The minimum Gasteiger partial charge on any atom is -0.351 e. The average molecular weight is 242 g/mol. The van der Waals surface area contributed by atoms with E-state index in [9.17, 15) is 4.79 Å². The Morgan fingerprint density at radius 2 is 2.15 bits per heavy atom. The Morgan fingerprint density at radius 3 is 2.77 bits per heavy atom. The van der Waals surface area contributed by atoms with E-state index < -0.39 is 0 Å². The molecule has 0 atom stereocenters. The second-order valence-corrected chi connectivity index (χ2v) is 3.40. The molecule has 0 unspecified atom stereocenters. The van der Waals surface area contributed by atoms with Crippen LogP contribution in [0.15, 0.2) is 24.3 Å². The molecule has 0 radical (unpaired) electrons. The topological polar surface area (TPSA) is 29.1 Å². The summed E-state index contributed by atoms with van der Waals surface area (Å²) in [4.78, 5) is 10.9. The van der Waals surface area contributed by atoms with E-state index in [1.165, 1.54) is 5.56 Å². The summed E-state index contributed by atoms with van der Waals surface area (Å²) in [5.41, 5.74) is 2.37. The zero-order valence-corrected chi connectivity index (χ0v) is 9.10. The lowest BCUT2D eigenvalue weighted by molar-refractivity contribution is -0.118. The minimum absolute atomic E-state index is 0.0169. The van der Waals surface area contributed by atoms with E-state index in [1.54, 1.807) is 0 Å². The first-order chi connectivity index (χ1) is 6.24. The number of aryl methyl sites for hydroxylation is 1. The fraction of sp³-hybridized carbons (Fsp3) is 0.300. The Labute approximate surface area is 86.5 Å². The molecule has 1 aromatic carbocycles. The van der Waals surface area contributed by atoms with Crippen LogP contribution in [-0.4, -0.2) is 11.2 Å².